The molecule has 0 atom stereocenters. The Hall–Kier alpha value is -2.14. The Bertz CT molecular complexity index is 652. The number of phenols is 1. The van der Waals surface area contributed by atoms with Gasteiger partial charge in [-0.25, -0.2) is 9.97 Å². The maximum Gasteiger partial charge on any atom is 0.226 e. The summed E-state index contributed by atoms with van der Waals surface area (Å²) in [7, 11) is 0. The number of aromatic nitrogens is 2. The lowest BCUT2D eigenvalue weighted by Gasteiger charge is -2.27. The minimum absolute atomic E-state index is 0.246. The zero-order chi connectivity index (χ0) is 14.8. The zero-order valence-electron chi connectivity index (χ0n) is 12.3. The van der Waals surface area contributed by atoms with E-state index in [-0.39, 0.29) is 5.75 Å². The summed E-state index contributed by atoms with van der Waals surface area (Å²) >= 11 is 0. The number of benzene rings is 1. The van der Waals surface area contributed by atoms with Gasteiger partial charge in [-0.15, -0.1) is 0 Å². The van der Waals surface area contributed by atoms with Crippen molar-refractivity contribution in [2.24, 2.45) is 0 Å². The SMILES string of the molecule is Cc1nc(N2CCOCC2)nc(-c2cccc(O)c2)c1C. The molecule has 1 aliphatic rings. The highest BCUT2D eigenvalue weighted by molar-refractivity contribution is 5.66. The Morgan fingerprint density at radius 1 is 1.14 bits per heavy atom. The molecule has 1 N–H and O–H groups in total. The summed E-state index contributed by atoms with van der Waals surface area (Å²) < 4.78 is 5.38. The van der Waals surface area contributed by atoms with Crippen molar-refractivity contribution in [2.45, 2.75) is 13.8 Å². The summed E-state index contributed by atoms with van der Waals surface area (Å²) in [5.41, 5.74) is 3.79. The number of hydrogen-bond donors (Lipinski definition) is 1. The molecule has 110 valence electrons. The molecular weight excluding hydrogens is 266 g/mol. The second kappa shape index (κ2) is 5.69. The predicted molar refractivity (Wildman–Crippen MR) is 81.6 cm³/mol. The molecule has 1 aliphatic heterocycles. The molecule has 1 fully saturated rings. The summed E-state index contributed by atoms with van der Waals surface area (Å²) in [4.78, 5) is 11.5. The van der Waals surface area contributed by atoms with Crippen molar-refractivity contribution >= 4 is 5.95 Å². The monoisotopic (exact) mass is 285 g/mol. The first-order chi connectivity index (χ1) is 10.1. The van der Waals surface area contributed by atoms with E-state index in [0.29, 0.717) is 13.2 Å². The average Bonchev–Trinajstić information content (AvgIpc) is 2.51. The molecule has 2 aromatic rings. The molecule has 0 unspecified atom stereocenters. The number of phenolic OH excluding ortho intramolecular Hbond substituents is 1. The Kier molecular flexibility index (Phi) is 3.75. The van der Waals surface area contributed by atoms with Crippen molar-refractivity contribution < 1.29 is 9.84 Å². The van der Waals surface area contributed by atoms with Crippen LogP contribution >= 0.6 is 0 Å². The fraction of sp³-hybridized carbons (Fsp3) is 0.375. The van der Waals surface area contributed by atoms with E-state index in [2.05, 4.69) is 9.88 Å². The Morgan fingerprint density at radius 2 is 1.90 bits per heavy atom. The largest absolute Gasteiger partial charge is 0.508 e. The van der Waals surface area contributed by atoms with Crippen LogP contribution in [0.5, 0.6) is 5.75 Å². The second-order valence-corrected chi connectivity index (χ2v) is 5.23. The molecule has 0 amide bonds. The third kappa shape index (κ3) is 2.83. The molecule has 1 saturated heterocycles. The smallest absolute Gasteiger partial charge is 0.226 e. The van der Waals surface area contributed by atoms with Crippen LogP contribution in [0, 0.1) is 13.8 Å². The van der Waals surface area contributed by atoms with Gasteiger partial charge in [-0.05, 0) is 31.5 Å². The average molecular weight is 285 g/mol. The first-order valence-corrected chi connectivity index (χ1v) is 7.12. The lowest BCUT2D eigenvalue weighted by atomic mass is 10.1. The van der Waals surface area contributed by atoms with Crippen LogP contribution in [-0.2, 0) is 4.74 Å². The van der Waals surface area contributed by atoms with E-state index in [1.807, 2.05) is 26.0 Å². The van der Waals surface area contributed by atoms with E-state index in [9.17, 15) is 5.11 Å². The van der Waals surface area contributed by atoms with Gasteiger partial charge in [-0.1, -0.05) is 12.1 Å². The van der Waals surface area contributed by atoms with Gasteiger partial charge >= 0.3 is 0 Å². The van der Waals surface area contributed by atoms with Crippen LogP contribution in [0.3, 0.4) is 0 Å². The number of nitrogens with zero attached hydrogens (tertiary/aromatic N) is 3. The van der Waals surface area contributed by atoms with Gasteiger partial charge in [0.15, 0.2) is 0 Å². The Morgan fingerprint density at radius 3 is 2.62 bits per heavy atom. The minimum atomic E-state index is 0.246. The first kappa shape index (κ1) is 13.8. The van der Waals surface area contributed by atoms with Gasteiger partial charge in [-0.2, -0.15) is 0 Å². The number of hydrogen-bond acceptors (Lipinski definition) is 5. The van der Waals surface area contributed by atoms with E-state index in [1.54, 1.807) is 12.1 Å². The number of morpholine rings is 1. The van der Waals surface area contributed by atoms with Crippen molar-refractivity contribution in [3.63, 3.8) is 0 Å². The maximum absolute atomic E-state index is 9.68. The summed E-state index contributed by atoms with van der Waals surface area (Å²) in [6, 6.07) is 7.18. The van der Waals surface area contributed by atoms with Crippen LogP contribution in [0.15, 0.2) is 24.3 Å². The van der Waals surface area contributed by atoms with Gasteiger partial charge in [-0.3, -0.25) is 0 Å². The van der Waals surface area contributed by atoms with Crippen LogP contribution in [0.2, 0.25) is 0 Å². The van der Waals surface area contributed by atoms with Gasteiger partial charge in [0.2, 0.25) is 5.95 Å². The van der Waals surface area contributed by atoms with Crippen molar-refractivity contribution in [3.8, 4) is 17.0 Å². The zero-order valence-corrected chi connectivity index (χ0v) is 12.3. The molecule has 1 aromatic heterocycles. The van der Waals surface area contributed by atoms with Gasteiger partial charge in [0.1, 0.15) is 5.75 Å². The van der Waals surface area contributed by atoms with Crippen LogP contribution in [-0.4, -0.2) is 41.4 Å². The topological polar surface area (TPSA) is 58.5 Å². The van der Waals surface area contributed by atoms with Crippen molar-refractivity contribution in [1.82, 2.24) is 9.97 Å². The quantitative estimate of drug-likeness (QED) is 0.917. The standard InChI is InChI=1S/C16H19N3O2/c1-11-12(2)17-16(19-6-8-21-9-7-19)18-15(11)13-4-3-5-14(20)10-13/h3-5,10,20H,6-9H2,1-2H3. The van der Waals surface area contributed by atoms with E-state index >= 15 is 0 Å². The van der Waals surface area contributed by atoms with Gasteiger partial charge < -0.3 is 14.7 Å². The lowest BCUT2D eigenvalue weighted by Crippen LogP contribution is -2.37. The highest BCUT2D eigenvalue weighted by Gasteiger charge is 2.17. The molecule has 2 heterocycles. The molecule has 5 heteroatoms. The van der Waals surface area contributed by atoms with E-state index in [1.165, 1.54) is 0 Å². The first-order valence-electron chi connectivity index (χ1n) is 7.12. The second-order valence-electron chi connectivity index (χ2n) is 5.23. The number of aromatic hydroxyl groups is 1. The normalized spacial score (nSPS) is 15.2. The van der Waals surface area contributed by atoms with Crippen molar-refractivity contribution in [3.05, 3.63) is 35.5 Å². The van der Waals surface area contributed by atoms with Crippen LogP contribution in [0.4, 0.5) is 5.95 Å². The molecule has 21 heavy (non-hydrogen) atoms. The number of rotatable bonds is 2. The summed E-state index contributed by atoms with van der Waals surface area (Å²) in [5.74, 6) is 0.982. The van der Waals surface area contributed by atoms with Crippen LogP contribution in [0.1, 0.15) is 11.3 Å². The molecule has 0 saturated carbocycles. The molecule has 5 nitrogen and oxygen atoms in total. The fourth-order valence-corrected chi connectivity index (χ4v) is 2.45. The van der Waals surface area contributed by atoms with Gasteiger partial charge in [0, 0.05) is 24.3 Å². The van der Waals surface area contributed by atoms with E-state index in [4.69, 9.17) is 9.72 Å². The number of aryl methyl sites for hydroxylation is 1. The Labute approximate surface area is 124 Å². The molecule has 0 spiro atoms. The van der Waals surface area contributed by atoms with Gasteiger partial charge in [0.25, 0.3) is 0 Å². The summed E-state index contributed by atoms with van der Waals surface area (Å²) in [6.07, 6.45) is 0. The van der Waals surface area contributed by atoms with Crippen molar-refractivity contribution in [1.29, 1.82) is 0 Å². The van der Waals surface area contributed by atoms with Crippen molar-refractivity contribution in [2.75, 3.05) is 31.2 Å². The maximum atomic E-state index is 9.68. The Balaban J connectivity index is 2.05. The summed E-state index contributed by atoms with van der Waals surface area (Å²) in [6.45, 7) is 7.03. The molecule has 3 rings (SSSR count). The summed E-state index contributed by atoms with van der Waals surface area (Å²) in [5, 5.41) is 9.68. The number of anilines is 1. The molecular formula is C16H19N3O2. The van der Waals surface area contributed by atoms with E-state index < -0.39 is 0 Å². The van der Waals surface area contributed by atoms with E-state index in [0.717, 1.165) is 41.6 Å². The van der Waals surface area contributed by atoms with Gasteiger partial charge in [0.05, 0.1) is 18.9 Å². The predicted octanol–water partition coefficient (Wildman–Crippen LogP) is 2.30. The molecule has 0 aliphatic carbocycles. The third-order valence-corrected chi connectivity index (χ3v) is 3.79. The lowest BCUT2D eigenvalue weighted by molar-refractivity contribution is 0.122. The van der Waals surface area contributed by atoms with Crippen LogP contribution in [0.25, 0.3) is 11.3 Å². The number of ether oxygens (including phenoxy) is 1. The highest BCUT2D eigenvalue weighted by atomic mass is 16.5. The van der Waals surface area contributed by atoms with Crippen LogP contribution < -0.4 is 4.90 Å². The highest BCUT2D eigenvalue weighted by Crippen LogP contribution is 2.27. The molecule has 0 bridgehead atoms. The third-order valence-electron chi connectivity index (χ3n) is 3.79. The molecule has 1 aromatic carbocycles. The fourth-order valence-electron chi connectivity index (χ4n) is 2.45. The minimum Gasteiger partial charge on any atom is -0.508 e. The molecule has 0 radical (unpaired) electrons.